The molecule has 1 fully saturated rings. The zero-order valence-electron chi connectivity index (χ0n) is 10.0. The van der Waals surface area contributed by atoms with Gasteiger partial charge >= 0.3 is 0 Å². The predicted molar refractivity (Wildman–Crippen MR) is 73.0 cm³/mol. The second kappa shape index (κ2) is 6.03. The maximum absolute atomic E-state index is 4.48. The zero-order chi connectivity index (χ0) is 11.4. The molecule has 4 heteroatoms. The molecule has 1 atom stereocenters. The van der Waals surface area contributed by atoms with Gasteiger partial charge < -0.3 is 5.32 Å². The third-order valence-corrected chi connectivity index (χ3v) is 5.33. The van der Waals surface area contributed by atoms with E-state index in [1.165, 1.54) is 29.1 Å². The zero-order valence-corrected chi connectivity index (χ0v) is 11.7. The number of rotatable bonds is 7. The van der Waals surface area contributed by atoms with Gasteiger partial charge in [0.05, 0.1) is 0 Å². The molecule has 1 heterocycles. The first-order valence-corrected chi connectivity index (χ1v) is 7.93. The largest absolute Gasteiger partial charge is 0.309 e. The van der Waals surface area contributed by atoms with Crippen LogP contribution in [0.1, 0.15) is 43.0 Å². The normalized spacial score (nSPS) is 17.6. The highest BCUT2D eigenvalue weighted by Gasteiger charge is 2.20. The van der Waals surface area contributed by atoms with Crippen LogP contribution in [0.5, 0.6) is 0 Å². The number of nitrogens with one attached hydrogen (secondary N) is 1. The van der Waals surface area contributed by atoms with E-state index in [4.69, 9.17) is 0 Å². The van der Waals surface area contributed by atoms with Gasteiger partial charge in [-0.2, -0.15) is 11.8 Å². The van der Waals surface area contributed by atoms with Gasteiger partial charge in [0.1, 0.15) is 5.01 Å². The summed E-state index contributed by atoms with van der Waals surface area (Å²) in [6, 6.07) is 0.792. The summed E-state index contributed by atoms with van der Waals surface area (Å²) < 4.78 is 0. The van der Waals surface area contributed by atoms with E-state index in [0.717, 1.165) is 23.6 Å². The molecule has 0 radical (unpaired) electrons. The summed E-state index contributed by atoms with van der Waals surface area (Å²) in [4.78, 5) is 5.86. The molecule has 1 unspecified atom stereocenters. The van der Waals surface area contributed by atoms with Gasteiger partial charge in [-0.1, -0.05) is 13.8 Å². The SMILES string of the molecule is CCC(C)SCc1ncc(CNC2CC2)s1. The molecule has 1 aliphatic rings. The Labute approximate surface area is 106 Å². The lowest BCUT2D eigenvalue weighted by Gasteiger charge is -2.05. The molecule has 1 aromatic rings. The Hall–Kier alpha value is -0.0600. The van der Waals surface area contributed by atoms with Crippen LogP contribution in [0.3, 0.4) is 0 Å². The minimum absolute atomic E-state index is 0.747. The van der Waals surface area contributed by atoms with E-state index >= 15 is 0 Å². The number of hydrogen-bond acceptors (Lipinski definition) is 4. The highest BCUT2D eigenvalue weighted by atomic mass is 32.2. The van der Waals surface area contributed by atoms with Crippen molar-refractivity contribution >= 4 is 23.1 Å². The molecule has 0 bridgehead atoms. The van der Waals surface area contributed by atoms with Crippen LogP contribution >= 0.6 is 23.1 Å². The molecule has 0 amide bonds. The lowest BCUT2D eigenvalue weighted by atomic mass is 10.4. The topological polar surface area (TPSA) is 24.9 Å². The maximum atomic E-state index is 4.48. The van der Waals surface area contributed by atoms with Crippen molar-refractivity contribution in [2.75, 3.05) is 0 Å². The van der Waals surface area contributed by atoms with Crippen LogP contribution in [-0.2, 0) is 12.3 Å². The Morgan fingerprint density at radius 3 is 3.12 bits per heavy atom. The molecule has 0 saturated heterocycles. The minimum atomic E-state index is 0.747. The van der Waals surface area contributed by atoms with Crippen LogP contribution in [0.2, 0.25) is 0 Å². The Morgan fingerprint density at radius 2 is 2.44 bits per heavy atom. The molecule has 1 aliphatic carbocycles. The Morgan fingerprint density at radius 1 is 1.62 bits per heavy atom. The number of thioether (sulfide) groups is 1. The summed E-state index contributed by atoms with van der Waals surface area (Å²) >= 11 is 3.87. The Bertz CT molecular complexity index is 321. The van der Waals surface area contributed by atoms with Crippen molar-refractivity contribution < 1.29 is 0 Å². The number of nitrogens with zero attached hydrogens (tertiary/aromatic N) is 1. The summed E-state index contributed by atoms with van der Waals surface area (Å²) in [6.45, 7) is 5.54. The van der Waals surface area contributed by atoms with E-state index in [0.29, 0.717) is 0 Å². The lowest BCUT2D eigenvalue weighted by Crippen LogP contribution is -2.14. The van der Waals surface area contributed by atoms with Crippen LogP contribution in [0, 0.1) is 0 Å². The summed E-state index contributed by atoms with van der Waals surface area (Å²) in [5.74, 6) is 1.07. The van der Waals surface area contributed by atoms with Crippen LogP contribution in [0.25, 0.3) is 0 Å². The molecular weight excluding hydrogens is 236 g/mol. The van der Waals surface area contributed by atoms with E-state index in [-0.39, 0.29) is 0 Å². The smallest absolute Gasteiger partial charge is 0.103 e. The summed E-state index contributed by atoms with van der Waals surface area (Å²) in [5, 5.41) is 5.55. The van der Waals surface area contributed by atoms with Crippen molar-refractivity contribution in [3.8, 4) is 0 Å². The number of hydrogen-bond donors (Lipinski definition) is 1. The first-order chi connectivity index (χ1) is 7.78. The van der Waals surface area contributed by atoms with Gasteiger partial charge in [-0.25, -0.2) is 4.98 Å². The Balaban J connectivity index is 1.72. The first kappa shape index (κ1) is 12.4. The fourth-order valence-electron chi connectivity index (χ4n) is 1.36. The Kier molecular flexibility index (Phi) is 4.67. The van der Waals surface area contributed by atoms with Crippen molar-refractivity contribution in [2.45, 2.75) is 56.7 Å². The van der Waals surface area contributed by atoms with E-state index in [1.807, 2.05) is 29.3 Å². The molecule has 1 N–H and O–H groups in total. The van der Waals surface area contributed by atoms with Gasteiger partial charge in [-0.15, -0.1) is 11.3 Å². The molecule has 0 aromatic carbocycles. The van der Waals surface area contributed by atoms with E-state index < -0.39 is 0 Å². The van der Waals surface area contributed by atoms with E-state index in [1.54, 1.807) is 0 Å². The highest BCUT2D eigenvalue weighted by Crippen LogP contribution is 2.24. The summed E-state index contributed by atoms with van der Waals surface area (Å²) in [6.07, 6.45) is 5.99. The number of aromatic nitrogens is 1. The van der Waals surface area contributed by atoms with Gasteiger partial charge in [0.25, 0.3) is 0 Å². The van der Waals surface area contributed by atoms with Crippen LogP contribution in [0.4, 0.5) is 0 Å². The molecular formula is C12H20N2S2. The van der Waals surface area contributed by atoms with Crippen molar-refractivity contribution in [3.63, 3.8) is 0 Å². The minimum Gasteiger partial charge on any atom is -0.309 e. The quantitative estimate of drug-likeness (QED) is 0.809. The molecule has 0 aliphatic heterocycles. The molecule has 1 aromatic heterocycles. The highest BCUT2D eigenvalue weighted by molar-refractivity contribution is 7.99. The van der Waals surface area contributed by atoms with E-state index in [9.17, 15) is 0 Å². The molecule has 2 rings (SSSR count). The lowest BCUT2D eigenvalue weighted by molar-refractivity contribution is 0.694. The number of thiazole rings is 1. The standard InChI is InChI=1S/C12H20N2S2/c1-3-9(2)15-8-12-14-7-11(16-12)6-13-10-4-5-10/h7,9-10,13H,3-6,8H2,1-2H3. The average Bonchev–Trinajstić information content (AvgIpc) is 3.02. The maximum Gasteiger partial charge on any atom is 0.103 e. The third kappa shape index (κ3) is 4.07. The van der Waals surface area contributed by atoms with Gasteiger partial charge in [-0.3, -0.25) is 0 Å². The molecule has 1 saturated carbocycles. The van der Waals surface area contributed by atoms with Gasteiger partial charge in [-0.05, 0) is 19.3 Å². The van der Waals surface area contributed by atoms with Gasteiger partial charge in [0.15, 0.2) is 0 Å². The second-order valence-electron chi connectivity index (χ2n) is 4.41. The average molecular weight is 256 g/mol. The summed E-state index contributed by atoms with van der Waals surface area (Å²) in [5.41, 5.74) is 0. The van der Waals surface area contributed by atoms with Crippen LogP contribution in [0.15, 0.2) is 6.20 Å². The monoisotopic (exact) mass is 256 g/mol. The van der Waals surface area contributed by atoms with Gasteiger partial charge in [0.2, 0.25) is 0 Å². The van der Waals surface area contributed by atoms with Crippen LogP contribution < -0.4 is 5.32 Å². The predicted octanol–water partition coefficient (Wildman–Crippen LogP) is 3.43. The van der Waals surface area contributed by atoms with Crippen molar-refractivity contribution in [1.29, 1.82) is 0 Å². The van der Waals surface area contributed by atoms with Crippen molar-refractivity contribution in [2.24, 2.45) is 0 Å². The molecule has 0 spiro atoms. The summed E-state index contributed by atoms with van der Waals surface area (Å²) in [7, 11) is 0. The molecule has 90 valence electrons. The van der Waals surface area contributed by atoms with Gasteiger partial charge in [0, 0.05) is 34.7 Å². The fourth-order valence-corrected chi connectivity index (χ4v) is 3.21. The third-order valence-electron chi connectivity index (χ3n) is 2.81. The van der Waals surface area contributed by atoms with Crippen LogP contribution in [-0.4, -0.2) is 16.3 Å². The molecule has 2 nitrogen and oxygen atoms in total. The second-order valence-corrected chi connectivity index (χ2v) is 7.03. The first-order valence-electron chi connectivity index (χ1n) is 6.06. The van der Waals surface area contributed by atoms with Crippen molar-refractivity contribution in [1.82, 2.24) is 10.3 Å². The fraction of sp³-hybridized carbons (Fsp3) is 0.750. The van der Waals surface area contributed by atoms with Crippen molar-refractivity contribution in [3.05, 3.63) is 16.1 Å². The molecule has 16 heavy (non-hydrogen) atoms. The van der Waals surface area contributed by atoms with E-state index in [2.05, 4.69) is 24.1 Å².